The minimum atomic E-state index is -1.14. The Balaban J connectivity index is 2.62. The van der Waals surface area contributed by atoms with Crippen molar-refractivity contribution in [3.05, 3.63) is 0 Å². The van der Waals surface area contributed by atoms with E-state index in [2.05, 4.69) is 22.3 Å². The van der Waals surface area contributed by atoms with Crippen LogP contribution in [0.25, 0.3) is 0 Å². The van der Waals surface area contributed by atoms with Crippen LogP contribution in [0.4, 0.5) is 4.79 Å². The summed E-state index contributed by atoms with van der Waals surface area (Å²) in [6.07, 6.45) is 4.35. The van der Waals surface area contributed by atoms with Crippen molar-refractivity contribution in [2.45, 2.75) is 77.0 Å². The van der Waals surface area contributed by atoms with E-state index in [4.69, 9.17) is 4.74 Å². The van der Waals surface area contributed by atoms with Gasteiger partial charge >= 0.3 is 6.09 Å². The van der Waals surface area contributed by atoms with Gasteiger partial charge in [-0.2, -0.15) is 0 Å². The largest absolute Gasteiger partial charge is 0.449 e. The van der Waals surface area contributed by atoms with Crippen LogP contribution in [0.2, 0.25) is 0 Å². The molecule has 0 aliphatic carbocycles. The highest BCUT2D eigenvalue weighted by molar-refractivity contribution is 7.99. The molecule has 9 heteroatoms. The molecule has 1 aliphatic heterocycles. The number of hydrogen-bond acceptors (Lipinski definition) is 6. The second-order valence-corrected chi connectivity index (χ2v) is 9.20. The van der Waals surface area contributed by atoms with Crippen LogP contribution < -0.4 is 15.4 Å². The molecule has 1 heterocycles. The molecule has 0 saturated carbocycles. The zero-order valence-electron chi connectivity index (χ0n) is 17.9. The van der Waals surface area contributed by atoms with Crippen molar-refractivity contribution in [2.75, 3.05) is 13.2 Å². The maximum atomic E-state index is 12.8. The number of unbranched alkanes of at least 4 members (excludes halogenated alkanes) is 2. The van der Waals surface area contributed by atoms with Crippen LogP contribution in [0.15, 0.2) is 0 Å². The average molecular weight is 430 g/mol. The van der Waals surface area contributed by atoms with E-state index >= 15 is 0 Å². The molecular weight excluding hydrogens is 394 g/mol. The molecule has 166 valence electrons. The Kier molecular flexibility index (Phi) is 11.1. The maximum Gasteiger partial charge on any atom is 0.417 e. The third kappa shape index (κ3) is 9.51. The second-order valence-electron chi connectivity index (χ2n) is 8.19. The highest BCUT2D eigenvalue weighted by Crippen LogP contribution is 2.24. The molecule has 1 aliphatic rings. The Hall–Kier alpha value is -1.77. The highest BCUT2D eigenvalue weighted by Gasteiger charge is 2.36. The van der Waals surface area contributed by atoms with E-state index in [0.29, 0.717) is 32.3 Å². The van der Waals surface area contributed by atoms with Crippen molar-refractivity contribution in [3.63, 3.8) is 0 Å². The summed E-state index contributed by atoms with van der Waals surface area (Å²) in [6.45, 7) is 8.57. The first kappa shape index (κ1) is 25.3. The summed E-state index contributed by atoms with van der Waals surface area (Å²) < 4.78 is 7.67. The number of rotatable bonds is 13. The van der Waals surface area contributed by atoms with Crippen LogP contribution >= 0.6 is 11.9 Å². The fraction of sp³-hybridized carbons (Fsp3) is 0.800. The van der Waals surface area contributed by atoms with Crippen molar-refractivity contribution in [1.82, 2.24) is 15.4 Å². The minimum absolute atomic E-state index is 0.0899. The molecule has 3 N–H and O–H groups in total. The lowest BCUT2D eigenvalue weighted by Gasteiger charge is -2.29. The lowest BCUT2D eigenvalue weighted by Crippen LogP contribution is -2.52. The van der Waals surface area contributed by atoms with Gasteiger partial charge in [0, 0.05) is 12.5 Å². The molecule has 1 fully saturated rings. The summed E-state index contributed by atoms with van der Waals surface area (Å²) in [5.74, 6) is -0.516. The summed E-state index contributed by atoms with van der Waals surface area (Å²) in [5, 5.41) is 4.95. The van der Waals surface area contributed by atoms with Crippen LogP contribution in [0.3, 0.4) is 0 Å². The quantitative estimate of drug-likeness (QED) is 0.236. The number of carbonyl (C=O) groups is 4. The number of aldehydes is 1. The first-order chi connectivity index (χ1) is 13.7. The third-order valence-corrected chi connectivity index (χ3v) is 5.72. The van der Waals surface area contributed by atoms with E-state index in [1.54, 1.807) is 6.92 Å². The maximum absolute atomic E-state index is 12.8. The van der Waals surface area contributed by atoms with Gasteiger partial charge in [0.15, 0.2) is 0 Å². The smallest absolute Gasteiger partial charge is 0.417 e. The van der Waals surface area contributed by atoms with Crippen LogP contribution in [0.5, 0.6) is 0 Å². The normalized spacial score (nSPS) is 19.2. The number of carbonyl (C=O) groups excluding carboxylic acids is 4. The summed E-state index contributed by atoms with van der Waals surface area (Å²) >= 11 is 0.993. The van der Waals surface area contributed by atoms with Crippen molar-refractivity contribution in [1.29, 1.82) is 0 Å². The molecule has 0 spiro atoms. The SMILES string of the molecule is CCCCCOC(=O)NS[C@@H](CC(C)C)C(=O)NC(C)(C=O)CC1CCNC1=O. The molecule has 2 unspecified atom stereocenters. The van der Waals surface area contributed by atoms with E-state index in [0.717, 1.165) is 31.2 Å². The molecule has 0 radical (unpaired) electrons. The molecule has 1 rings (SSSR count). The monoisotopic (exact) mass is 429 g/mol. The van der Waals surface area contributed by atoms with E-state index < -0.39 is 16.9 Å². The van der Waals surface area contributed by atoms with Crippen LogP contribution in [0, 0.1) is 11.8 Å². The molecule has 8 nitrogen and oxygen atoms in total. The Morgan fingerprint density at radius 3 is 2.66 bits per heavy atom. The predicted octanol–water partition coefficient (Wildman–Crippen LogP) is 2.57. The molecule has 0 aromatic rings. The molecule has 0 bridgehead atoms. The molecular formula is C20H35N3O5S. The third-order valence-electron chi connectivity index (χ3n) is 4.75. The van der Waals surface area contributed by atoms with Crippen LogP contribution in [-0.2, 0) is 19.1 Å². The van der Waals surface area contributed by atoms with Gasteiger partial charge in [-0.05, 0) is 50.5 Å². The van der Waals surface area contributed by atoms with Crippen LogP contribution in [0.1, 0.15) is 66.2 Å². The molecule has 3 amide bonds. The van der Waals surface area contributed by atoms with E-state index in [-0.39, 0.29) is 30.1 Å². The van der Waals surface area contributed by atoms with Gasteiger partial charge in [-0.15, -0.1) is 0 Å². The topological polar surface area (TPSA) is 114 Å². The van der Waals surface area contributed by atoms with E-state index in [9.17, 15) is 19.2 Å². The highest BCUT2D eigenvalue weighted by atomic mass is 32.2. The average Bonchev–Trinajstić information content (AvgIpc) is 3.06. The number of nitrogens with one attached hydrogen (secondary N) is 3. The van der Waals surface area contributed by atoms with E-state index in [1.807, 2.05) is 13.8 Å². The van der Waals surface area contributed by atoms with Gasteiger partial charge in [0.05, 0.1) is 12.1 Å². The van der Waals surface area contributed by atoms with Crippen molar-refractivity contribution in [3.8, 4) is 0 Å². The second kappa shape index (κ2) is 12.7. The van der Waals surface area contributed by atoms with Gasteiger partial charge in [-0.25, -0.2) is 4.79 Å². The molecule has 0 aromatic carbocycles. The lowest BCUT2D eigenvalue weighted by molar-refractivity contribution is -0.128. The molecule has 3 atom stereocenters. The standard InChI is InChI=1S/C20H35N3O5S/c1-5-6-7-10-28-19(27)23-29-16(11-14(2)3)18(26)22-20(4,13-24)12-15-8-9-21-17(15)25/h13-16H,5-12H2,1-4H3,(H,21,25)(H,22,26)(H,23,27)/t15?,16-,20?/m0/s1. The number of ether oxygens (including phenoxy) is 1. The predicted molar refractivity (Wildman–Crippen MR) is 113 cm³/mol. The lowest BCUT2D eigenvalue weighted by atomic mass is 9.88. The fourth-order valence-electron chi connectivity index (χ4n) is 3.14. The summed E-state index contributed by atoms with van der Waals surface area (Å²) in [7, 11) is 0. The summed E-state index contributed by atoms with van der Waals surface area (Å²) in [5.41, 5.74) is -1.14. The fourth-order valence-corrected chi connectivity index (χ4v) is 4.09. The Labute approximate surface area is 177 Å². The Bertz CT molecular complexity index is 572. The Morgan fingerprint density at radius 1 is 1.38 bits per heavy atom. The zero-order chi connectivity index (χ0) is 21.9. The van der Waals surface area contributed by atoms with Crippen LogP contribution in [-0.4, -0.2) is 48.1 Å². The van der Waals surface area contributed by atoms with Crippen molar-refractivity contribution < 1.29 is 23.9 Å². The minimum Gasteiger partial charge on any atom is -0.449 e. The zero-order valence-corrected chi connectivity index (χ0v) is 18.7. The van der Waals surface area contributed by atoms with Gasteiger partial charge in [0.1, 0.15) is 11.5 Å². The van der Waals surface area contributed by atoms with Gasteiger partial charge in [0.2, 0.25) is 11.8 Å². The van der Waals surface area contributed by atoms with Gasteiger partial charge < -0.3 is 20.2 Å². The van der Waals surface area contributed by atoms with Crippen molar-refractivity contribution >= 4 is 36.1 Å². The van der Waals surface area contributed by atoms with Gasteiger partial charge in [-0.1, -0.05) is 33.6 Å². The Morgan fingerprint density at radius 2 is 2.10 bits per heavy atom. The summed E-state index contributed by atoms with van der Waals surface area (Å²) in [4.78, 5) is 48.2. The number of amides is 3. The summed E-state index contributed by atoms with van der Waals surface area (Å²) in [6, 6.07) is 0. The molecule has 29 heavy (non-hydrogen) atoms. The molecule has 0 aromatic heterocycles. The first-order valence-electron chi connectivity index (χ1n) is 10.3. The molecule has 1 saturated heterocycles. The van der Waals surface area contributed by atoms with Gasteiger partial charge in [0.25, 0.3) is 0 Å². The first-order valence-corrected chi connectivity index (χ1v) is 11.2. The van der Waals surface area contributed by atoms with Gasteiger partial charge in [-0.3, -0.25) is 14.3 Å². The number of hydrogen-bond donors (Lipinski definition) is 3. The van der Waals surface area contributed by atoms with E-state index in [1.165, 1.54) is 0 Å². The van der Waals surface area contributed by atoms with Crippen molar-refractivity contribution in [2.24, 2.45) is 11.8 Å².